The number of likely N-dealkylation sites (tertiary alicyclic amines) is 1. The van der Waals surface area contributed by atoms with Gasteiger partial charge >= 0.3 is 0 Å². The first-order chi connectivity index (χ1) is 9.04. The number of aryl methyl sites for hydroxylation is 1. The van der Waals surface area contributed by atoms with E-state index in [0.717, 1.165) is 32.5 Å². The second-order valence-corrected chi connectivity index (χ2v) is 5.15. The third-order valence-corrected chi connectivity index (χ3v) is 4.09. The molecular weight excluding hydrogens is 242 g/mol. The summed E-state index contributed by atoms with van der Waals surface area (Å²) in [5.41, 5.74) is 6.36. The zero-order valence-electron chi connectivity index (χ0n) is 12.0. The van der Waals surface area contributed by atoms with E-state index < -0.39 is 0 Å². The van der Waals surface area contributed by atoms with Gasteiger partial charge in [-0.3, -0.25) is 9.48 Å². The molecule has 19 heavy (non-hydrogen) atoms. The second kappa shape index (κ2) is 5.61. The molecule has 1 aromatic heterocycles. The number of nitrogens with zero attached hydrogens (tertiary/aromatic N) is 4. The van der Waals surface area contributed by atoms with Crippen molar-refractivity contribution in [2.75, 3.05) is 32.4 Å². The van der Waals surface area contributed by atoms with Crippen LogP contribution < -0.4 is 5.73 Å². The lowest BCUT2D eigenvalue weighted by Gasteiger charge is -2.36. The Bertz CT molecular complexity index is 448. The molecule has 2 N–H and O–H groups in total. The highest BCUT2D eigenvalue weighted by Gasteiger charge is 2.27. The summed E-state index contributed by atoms with van der Waals surface area (Å²) < 4.78 is 1.53. The molecule has 0 radical (unpaired) electrons. The van der Waals surface area contributed by atoms with Crippen LogP contribution >= 0.6 is 0 Å². The van der Waals surface area contributed by atoms with Crippen molar-refractivity contribution in [1.29, 1.82) is 0 Å². The number of hydrogen-bond acceptors (Lipinski definition) is 4. The molecule has 1 aliphatic heterocycles. The van der Waals surface area contributed by atoms with Crippen LogP contribution in [0.15, 0.2) is 6.20 Å². The van der Waals surface area contributed by atoms with Crippen molar-refractivity contribution >= 4 is 11.7 Å². The molecule has 0 spiro atoms. The first kappa shape index (κ1) is 13.9. The monoisotopic (exact) mass is 265 g/mol. The fourth-order valence-electron chi connectivity index (χ4n) is 2.59. The normalized spacial score (nSPS) is 17.6. The van der Waals surface area contributed by atoms with Crippen LogP contribution in [0.25, 0.3) is 0 Å². The van der Waals surface area contributed by atoms with Crippen molar-refractivity contribution in [2.45, 2.75) is 25.8 Å². The number of rotatable bonds is 3. The van der Waals surface area contributed by atoms with Gasteiger partial charge < -0.3 is 15.5 Å². The lowest BCUT2D eigenvalue weighted by atomic mass is 10.0. The average Bonchev–Trinajstić information content (AvgIpc) is 2.77. The molecule has 0 unspecified atom stereocenters. The molecule has 0 aromatic carbocycles. The summed E-state index contributed by atoms with van der Waals surface area (Å²) in [6, 6.07) is 0.301. The van der Waals surface area contributed by atoms with E-state index in [1.165, 1.54) is 4.68 Å². The van der Waals surface area contributed by atoms with E-state index in [1.807, 2.05) is 11.9 Å². The number of hydrogen-bond donors (Lipinski definition) is 1. The maximum absolute atomic E-state index is 12.4. The average molecular weight is 265 g/mol. The van der Waals surface area contributed by atoms with Crippen LogP contribution in [-0.2, 0) is 7.05 Å². The van der Waals surface area contributed by atoms with E-state index in [9.17, 15) is 4.79 Å². The molecule has 0 bridgehead atoms. The molecular formula is C13H23N5O. The van der Waals surface area contributed by atoms with Gasteiger partial charge in [-0.25, -0.2) is 0 Å². The van der Waals surface area contributed by atoms with E-state index in [4.69, 9.17) is 5.73 Å². The first-order valence-electron chi connectivity index (χ1n) is 6.81. The number of anilines is 1. The minimum absolute atomic E-state index is 0.0273. The molecule has 106 valence electrons. The Kier molecular flexibility index (Phi) is 4.09. The number of nitrogen functional groups attached to an aromatic ring is 1. The van der Waals surface area contributed by atoms with E-state index in [0.29, 0.717) is 17.4 Å². The summed E-state index contributed by atoms with van der Waals surface area (Å²) in [6.07, 6.45) is 3.60. The van der Waals surface area contributed by atoms with Crippen molar-refractivity contribution in [2.24, 2.45) is 7.05 Å². The number of nitrogens with two attached hydrogens (primary N) is 1. The molecule has 1 saturated heterocycles. The molecule has 2 heterocycles. The Morgan fingerprint density at radius 2 is 2.16 bits per heavy atom. The minimum atomic E-state index is -0.0273. The fourth-order valence-corrected chi connectivity index (χ4v) is 2.59. The van der Waals surface area contributed by atoms with Gasteiger partial charge in [0.1, 0.15) is 11.4 Å². The zero-order valence-corrected chi connectivity index (χ0v) is 12.0. The standard InChI is InChI=1S/C13H23N5O/c1-4-18-7-5-10(6-8-18)16(2)13(19)11-9-15-17(3)12(11)14/h9-10H,4-8,14H2,1-3H3. The van der Waals surface area contributed by atoms with Crippen LogP contribution in [0.1, 0.15) is 30.1 Å². The number of aromatic nitrogens is 2. The minimum Gasteiger partial charge on any atom is -0.383 e. The summed E-state index contributed by atoms with van der Waals surface area (Å²) in [5.74, 6) is 0.406. The lowest BCUT2D eigenvalue weighted by molar-refractivity contribution is 0.0648. The number of carbonyl (C=O) groups is 1. The van der Waals surface area contributed by atoms with Crippen LogP contribution in [0.5, 0.6) is 0 Å². The zero-order chi connectivity index (χ0) is 14.0. The molecule has 1 aromatic rings. The van der Waals surface area contributed by atoms with Gasteiger partial charge in [-0.05, 0) is 19.4 Å². The Hall–Kier alpha value is -1.56. The fraction of sp³-hybridized carbons (Fsp3) is 0.692. The van der Waals surface area contributed by atoms with Crippen molar-refractivity contribution in [3.8, 4) is 0 Å². The Labute approximate surface area is 114 Å². The highest BCUT2D eigenvalue weighted by molar-refractivity contribution is 5.98. The molecule has 1 aliphatic rings. The van der Waals surface area contributed by atoms with Gasteiger partial charge in [-0.2, -0.15) is 5.10 Å². The summed E-state index contributed by atoms with van der Waals surface area (Å²) in [7, 11) is 3.60. The molecule has 2 rings (SSSR count). The SMILES string of the molecule is CCN1CCC(N(C)C(=O)c2cnn(C)c2N)CC1. The highest BCUT2D eigenvalue weighted by atomic mass is 16.2. The first-order valence-corrected chi connectivity index (χ1v) is 6.81. The smallest absolute Gasteiger partial charge is 0.259 e. The predicted octanol–water partition coefficient (Wildman–Crippen LogP) is 0.559. The Morgan fingerprint density at radius 3 is 2.63 bits per heavy atom. The van der Waals surface area contributed by atoms with Gasteiger partial charge in [0.25, 0.3) is 5.91 Å². The third kappa shape index (κ3) is 2.73. The van der Waals surface area contributed by atoms with Gasteiger partial charge in [0.2, 0.25) is 0 Å². The predicted molar refractivity (Wildman–Crippen MR) is 74.8 cm³/mol. The van der Waals surface area contributed by atoms with Crippen molar-refractivity contribution in [3.05, 3.63) is 11.8 Å². The van der Waals surface area contributed by atoms with Gasteiger partial charge in [-0.1, -0.05) is 6.92 Å². The van der Waals surface area contributed by atoms with E-state index in [1.54, 1.807) is 13.2 Å². The summed E-state index contributed by atoms with van der Waals surface area (Å²) >= 11 is 0. The molecule has 1 amide bonds. The van der Waals surface area contributed by atoms with Gasteiger partial charge in [0.15, 0.2) is 0 Å². The largest absolute Gasteiger partial charge is 0.383 e. The Balaban J connectivity index is 2.02. The number of amides is 1. The molecule has 1 fully saturated rings. The third-order valence-electron chi connectivity index (χ3n) is 4.09. The van der Waals surface area contributed by atoms with E-state index >= 15 is 0 Å². The van der Waals surface area contributed by atoms with Crippen molar-refractivity contribution in [1.82, 2.24) is 19.6 Å². The summed E-state index contributed by atoms with van der Waals surface area (Å²) in [6.45, 7) is 5.37. The Morgan fingerprint density at radius 1 is 1.53 bits per heavy atom. The second-order valence-electron chi connectivity index (χ2n) is 5.15. The van der Waals surface area contributed by atoms with E-state index in [-0.39, 0.29) is 5.91 Å². The van der Waals surface area contributed by atoms with Gasteiger partial charge in [0.05, 0.1) is 6.20 Å². The summed E-state index contributed by atoms with van der Waals surface area (Å²) in [5, 5.41) is 4.03. The van der Waals surface area contributed by atoms with Crippen LogP contribution in [0, 0.1) is 0 Å². The van der Waals surface area contributed by atoms with E-state index in [2.05, 4.69) is 16.9 Å². The lowest BCUT2D eigenvalue weighted by Crippen LogP contribution is -2.45. The van der Waals surface area contributed by atoms with Gasteiger partial charge in [0, 0.05) is 33.2 Å². The molecule has 0 aliphatic carbocycles. The van der Waals surface area contributed by atoms with Crippen LogP contribution in [-0.4, -0.2) is 58.2 Å². The topological polar surface area (TPSA) is 67.4 Å². The maximum atomic E-state index is 12.4. The number of carbonyl (C=O) groups excluding carboxylic acids is 1. The molecule has 0 saturated carbocycles. The maximum Gasteiger partial charge on any atom is 0.259 e. The van der Waals surface area contributed by atoms with Crippen LogP contribution in [0.2, 0.25) is 0 Å². The quantitative estimate of drug-likeness (QED) is 0.867. The van der Waals surface area contributed by atoms with Crippen molar-refractivity contribution < 1.29 is 4.79 Å². The highest BCUT2D eigenvalue weighted by Crippen LogP contribution is 2.19. The van der Waals surface area contributed by atoms with Crippen LogP contribution in [0.4, 0.5) is 5.82 Å². The number of piperidine rings is 1. The summed E-state index contributed by atoms with van der Waals surface area (Å²) in [4.78, 5) is 16.6. The van der Waals surface area contributed by atoms with Gasteiger partial charge in [-0.15, -0.1) is 0 Å². The van der Waals surface area contributed by atoms with Crippen LogP contribution in [0.3, 0.4) is 0 Å². The van der Waals surface area contributed by atoms with Crippen molar-refractivity contribution in [3.63, 3.8) is 0 Å². The molecule has 6 nitrogen and oxygen atoms in total. The molecule has 6 heteroatoms. The molecule has 0 atom stereocenters.